The van der Waals surface area contributed by atoms with Gasteiger partial charge in [-0.15, -0.1) is 0 Å². The molecule has 0 fully saturated rings. The van der Waals surface area contributed by atoms with Crippen LogP contribution in [0.15, 0.2) is 36.5 Å². The molecule has 0 bridgehead atoms. The second kappa shape index (κ2) is 7.23. The Morgan fingerprint density at radius 1 is 1.26 bits per heavy atom. The van der Waals surface area contributed by atoms with Crippen LogP contribution in [-0.2, 0) is 6.42 Å². The lowest BCUT2D eigenvalue weighted by Crippen LogP contribution is -2.32. The van der Waals surface area contributed by atoms with Crippen molar-refractivity contribution in [2.24, 2.45) is 5.41 Å². The molecule has 0 saturated carbocycles. The second-order valence-electron chi connectivity index (χ2n) is 8.86. The van der Waals surface area contributed by atoms with E-state index in [2.05, 4.69) is 24.1 Å². The van der Waals surface area contributed by atoms with E-state index >= 15 is 0 Å². The van der Waals surface area contributed by atoms with Gasteiger partial charge in [0.1, 0.15) is 17.2 Å². The minimum Gasteiger partial charge on any atom is -0.618 e. The van der Waals surface area contributed by atoms with E-state index in [0.717, 1.165) is 44.5 Å². The third-order valence-electron chi connectivity index (χ3n) is 5.76. The van der Waals surface area contributed by atoms with Crippen LogP contribution >= 0.6 is 11.3 Å². The van der Waals surface area contributed by atoms with Gasteiger partial charge in [0.25, 0.3) is 5.91 Å². The third-order valence-corrected chi connectivity index (χ3v) is 6.88. The van der Waals surface area contributed by atoms with Crippen LogP contribution in [0, 0.1) is 17.5 Å². The first kappa shape index (κ1) is 19.8. The van der Waals surface area contributed by atoms with Crippen molar-refractivity contribution in [1.82, 2.24) is 10.3 Å². The number of hydrogen-bond acceptors (Lipinski definition) is 6. The Bertz CT molecular complexity index is 1190. The summed E-state index contributed by atoms with van der Waals surface area (Å²) < 4.78 is 6.75. The molecule has 0 saturated heterocycles. The van der Waals surface area contributed by atoms with Crippen LogP contribution in [0.4, 0.5) is 10.8 Å². The zero-order valence-electron chi connectivity index (χ0n) is 17.8. The van der Waals surface area contributed by atoms with Gasteiger partial charge in [-0.25, -0.2) is 4.98 Å². The smallest absolute Gasteiger partial charge is 0.263 e. The minimum absolute atomic E-state index is 0.0402. The van der Waals surface area contributed by atoms with Crippen molar-refractivity contribution >= 4 is 28.1 Å². The van der Waals surface area contributed by atoms with Gasteiger partial charge in [-0.05, 0) is 35.6 Å². The predicted octanol–water partition coefficient (Wildman–Crippen LogP) is 3.59. The molecule has 2 aliphatic rings. The van der Waals surface area contributed by atoms with Crippen molar-refractivity contribution < 1.29 is 14.3 Å². The molecule has 2 aliphatic heterocycles. The summed E-state index contributed by atoms with van der Waals surface area (Å²) in [5.74, 6) is 0.721. The number of rotatable bonds is 2. The quantitative estimate of drug-likeness (QED) is 0.490. The maximum Gasteiger partial charge on any atom is 0.263 e. The maximum absolute atomic E-state index is 12.6. The zero-order chi connectivity index (χ0) is 21.8. The highest BCUT2D eigenvalue weighted by atomic mass is 32.1. The van der Waals surface area contributed by atoms with Gasteiger partial charge in [0, 0.05) is 25.1 Å². The summed E-state index contributed by atoms with van der Waals surface area (Å²) >= 11 is 1.43. The number of amides is 1. The van der Waals surface area contributed by atoms with Gasteiger partial charge in [0.2, 0.25) is 0 Å². The minimum atomic E-state index is -0.0498. The van der Waals surface area contributed by atoms with Gasteiger partial charge < -0.3 is 20.2 Å². The molecule has 31 heavy (non-hydrogen) atoms. The van der Waals surface area contributed by atoms with Gasteiger partial charge in [-0.1, -0.05) is 31.3 Å². The first-order valence-corrected chi connectivity index (χ1v) is 11.1. The summed E-state index contributed by atoms with van der Waals surface area (Å²) in [6.07, 6.45) is 2.34. The molecular formula is C23H24N4O3S. The zero-order valence-corrected chi connectivity index (χ0v) is 18.6. The Labute approximate surface area is 184 Å². The van der Waals surface area contributed by atoms with Gasteiger partial charge in [0.05, 0.1) is 17.9 Å². The van der Waals surface area contributed by atoms with Gasteiger partial charge in [-0.3, -0.25) is 4.79 Å². The molecule has 1 aromatic carbocycles. The van der Waals surface area contributed by atoms with E-state index < -0.39 is 0 Å². The molecule has 7 nitrogen and oxygen atoms in total. The number of aryl methyl sites for hydroxylation is 1. The number of aromatic nitrogens is 2. The van der Waals surface area contributed by atoms with Crippen LogP contribution in [0.2, 0.25) is 0 Å². The number of carbonyl (C=O) groups excluding carboxylic acids is 1. The van der Waals surface area contributed by atoms with Gasteiger partial charge in [-0.2, -0.15) is 4.73 Å². The van der Waals surface area contributed by atoms with Crippen LogP contribution < -0.4 is 19.7 Å². The molecule has 0 radical (unpaired) electrons. The highest BCUT2D eigenvalue weighted by Crippen LogP contribution is 2.42. The number of thiazole rings is 1. The van der Waals surface area contributed by atoms with Crippen molar-refractivity contribution in [1.29, 1.82) is 0 Å². The van der Waals surface area contributed by atoms with Crippen molar-refractivity contribution in [2.45, 2.75) is 27.2 Å². The molecule has 0 atom stereocenters. The molecule has 3 aromatic rings. The van der Waals surface area contributed by atoms with E-state index in [4.69, 9.17) is 9.72 Å². The Morgan fingerprint density at radius 2 is 2.06 bits per heavy atom. The molecular weight excluding hydrogens is 412 g/mol. The van der Waals surface area contributed by atoms with E-state index in [1.165, 1.54) is 11.3 Å². The Hall–Kier alpha value is -3.13. The normalized spacial score (nSPS) is 17.3. The van der Waals surface area contributed by atoms with E-state index in [9.17, 15) is 10.0 Å². The first-order valence-electron chi connectivity index (χ1n) is 10.3. The van der Waals surface area contributed by atoms with Crippen molar-refractivity contribution in [3.8, 4) is 16.9 Å². The number of nitrogens with one attached hydrogen (secondary N) is 1. The molecule has 1 amide bonds. The SMILES string of the molecule is Cc1ccc(-c2ccc3c(c2)N(c2nc4c(s2)C(=O)NCC(C)(C)C4)CCO3)c[n+]1[O-]. The summed E-state index contributed by atoms with van der Waals surface area (Å²) in [4.78, 5) is 20.3. The number of fused-ring (bicyclic) bond motifs is 2. The largest absolute Gasteiger partial charge is 0.618 e. The number of carbonyl (C=O) groups is 1. The average Bonchev–Trinajstić information content (AvgIpc) is 3.11. The number of anilines is 2. The van der Waals surface area contributed by atoms with E-state index in [-0.39, 0.29) is 11.3 Å². The average molecular weight is 437 g/mol. The van der Waals surface area contributed by atoms with Gasteiger partial charge in [0.15, 0.2) is 17.0 Å². The molecule has 0 aliphatic carbocycles. The lowest BCUT2D eigenvalue weighted by molar-refractivity contribution is -0.611. The molecule has 1 N–H and O–H groups in total. The fourth-order valence-electron chi connectivity index (χ4n) is 3.99. The number of nitrogens with zero attached hydrogens (tertiary/aromatic N) is 3. The molecule has 5 rings (SSSR count). The molecule has 8 heteroatoms. The Balaban J connectivity index is 1.56. The van der Waals surface area contributed by atoms with Crippen molar-refractivity contribution in [3.63, 3.8) is 0 Å². The fourth-order valence-corrected chi connectivity index (χ4v) is 5.03. The number of pyridine rings is 1. The summed E-state index contributed by atoms with van der Waals surface area (Å²) in [6, 6.07) is 9.67. The van der Waals surface area contributed by atoms with Crippen molar-refractivity contribution in [2.75, 3.05) is 24.6 Å². The topological polar surface area (TPSA) is 81.4 Å². The first-order chi connectivity index (χ1) is 14.8. The second-order valence-corrected chi connectivity index (χ2v) is 9.84. The van der Waals surface area contributed by atoms with Crippen molar-refractivity contribution in [3.05, 3.63) is 58.0 Å². The summed E-state index contributed by atoms with van der Waals surface area (Å²) in [5.41, 5.74) is 4.13. The molecule has 0 spiro atoms. The summed E-state index contributed by atoms with van der Waals surface area (Å²) in [7, 11) is 0. The standard InChI is InChI=1S/C23H24N4O3S/c1-14-4-5-16(12-27(14)29)15-6-7-19-18(10-15)26(8-9-30-19)22-25-17-11-23(2,3)13-24-21(28)20(17)31-22/h4-7,10,12H,8-9,11,13H2,1-3H3,(H,24,28). The monoisotopic (exact) mass is 436 g/mol. The van der Waals surface area contributed by atoms with E-state index in [1.54, 1.807) is 13.1 Å². The summed E-state index contributed by atoms with van der Waals surface area (Å²) in [5, 5.41) is 15.9. The molecule has 2 aromatic heterocycles. The fraction of sp³-hybridized carbons (Fsp3) is 0.348. The summed E-state index contributed by atoms with van der Waals surface area (Å²) in [6.45, 7) is 7.89. The van der Waals surface area contributed by atoms with Crippen LogP contribution in [0.1, 0.15) is 34.9 Å². The number of benzene rings is 1. The third kappa shape index (κ3) is 3.61. The highest BCUT2D eigenvalue weighted by molar-refractivity contribution is 7.17. The number of hydrogen-bond donors (Lipinski definition) is 1. The Kier molecular flexibility index (Phi) is 4.62. The lowest BCUT2D eigenvalue weighted by atomic mass is 9.88. The molecule has 160 valence electrons. The number of ether oxygens (including phenoxy) is 1. The van der Waals surface area contributed by atoms with E-state index in [1.807, 2.05) is 30.3 Å². The van der Waals surface area contributed by atoms with Crippen LogP contribution in [0.25, 0.3) is 11.1 Å². The Morgan fingerprint density at radius 3 is 2.87 bits per heavy atom. The molecule has 4 heterocycles. The van der Waals surface area contributed by atoms with Crippen LogP contribution in [0.5, 0.6) is 5.75 Å². The maximum atomic E-state index is 12.6. The van der Waals surface area contributed by atoms with Crippen LogP contribution in [-0.4, -0.2) is 30.6 Å². The van der Waals surface area contributed by atoms with Gasteiger partial charge >= 0.3 is 0 Å². The van der Waals surface area contributed by atoms with Crippen LogP contribution in [0.3, 0.4) is 0 Å². The predicted molar refractivity (Wildman–Crippen MR) is 120 cm³/mol. The lowest BCUT2D eigenvalue weighted by Gasteiger charge is -2.29. The van der Waals surface area contributed by atoms with E-state index in [0.29, 0.717) is 30.3 Å². The molecule has 0 unspecified atom stereocenters. The highest BCUT2D eigenvalue weighted by Gasteiger charge is 2.32.